The van der Waals surface area contributed by atoms with Crippen LogP contribution in [0.15, 0.2) is 66.9 Å². The molecular weight excluding hydrogens is 682 g/mol. The summed E-state index contributed by atoms with van der Waals surface area (Å²) < 4.78 is 33.2. The van der Waals surface area contributed by atoms with Crippen molar-refractivity contribution in [3.8, 4) is 22.9 Å². The molecule has 5 N–H and O–H groups in total. The number of nitrogens with zero attached hydrogens (tertiary/aromatic N) is 4. The molecule has 3 amide bonds. The number of hydrogen-bond donors (Lipinski definition) is 5. The van der Waals surface area contributed by atoms with Gasteiger partial charge >= 0.3 is 0 Å². The number of nitrogens with one attached hydrogen (secondary N) is 3. The van der Waals surface area contributed by atoms with Crippen molar-refractivity contribution in [2.24, 2.45) is 0 Å². The number of anilines is 2. The van der Waals surface area contributed by atoms with Gasteiger partial charge in [0, 0.05) is 28.7 Å². The van der Waals surface area contributed by atoms with Crippen LogP contribution < -0.4 is 26.4 Å². The molecule has 0 bridgehead atoms. The number of nitrogen functional groups attached to an aromatic ring is 1. The molecule has 16 heteroatoms. The number of aryl methyl sites for hydroxylation is 2. The number of ether oxygens (including phenoxy) is 1. The van der Waals surface area contributed by atoms with Gasteiger partial charge in [0.1, 0.15) is 23.2 Å². The van der Waals surface area contributed by atoms with Crippen LogP contribution in [0.2, 0.25) is 0 Å². The lowest BCUT2D eigenvalue weighted by Crippen LogP contribution is -2.46. The molecule has 0 aliphatic carbocycles. The molecule has 2 atom stereocenters. The second-order valence-corrected chi connectivity index (χ2v) is 12.4. The van der Waals surface area contributed by atoms with Crippen molar-refractivity contribution >= 4 is 52.6 Å². The fourth-order valence-corrected chi connectivity index (χ4v) is 5.78. The number of halogens is 2. The number of thiol groups is 1. The van der Waals surface area contributed by atoms with Crippen molar-refractivity contribution in [2.75, 3.05) is 36.6 Å². The van der Waals surface area contributed by atoms with Gasteiger partial charge in [0.2, 0.25) is 5.91 Å². The van der Waals surface area contributed by atoms with Crippen LogP contribution in [0.4, 0.5) is 20.2 Å². The second-order valence-electron chi connectivity index (χ2n) is 12.0. The number of carbonyl (C=O) groups excluding carboxylic acids is 3. The van der Waals surface area contributed by atoms with Gasteiger partial charge in [-0.15, -0.1) is 5.01 Å². The number of amides is 3. The Kier molecular flexibility index (Phi) is 11.0. The summed E-state index contributed by atoms with van der Waals surface area (Å²) >= 11 is 4.24. The summed E-state index contributed by atoms with van der Waals surface area (Å²) in [7, 11) is 0. The standard InChI is InChI=1S/C35H34F2N8O5S/c1-20-11-22(3-6-28(20)39)23-4-7-29(21(2)12-23)43-34(48)31(17-51)42-32(46)16-50-25-5-8-30-27(13-25)26(9-10-40-30)33(47)41-19-45(49)44-18-35(36,37)14-24(44)15-38/h3-13,24,31H,14,16-19,39H2,1-2H3,(H3-,41,42,43,46,47,48,51)/p+1/t24-,31?/m0/s1. The van der Waals surface area contributed by atoms with Crippen LogP contribution in [-0.4, -0.2) is 76.2 Å². The van der Waals surface area contributed by atoms with E-state index >= 15 is 0 Å². The van der Waals surface area contributed by atoms with E-state index < -0.39 is 62.0 Å². The zero-order chi connectivity index (χ0) is 36.9. The van der Waals surface area contributed by atoms with Crippen molar-refractivity contribution < 1.29 is 32.8 Å². The molecular formula is C35H35F2N8O5S+. The molecule has 264 valence electrons. The predicted molar refractivity (Wildman–Crippen MR) is 189 cm³/mol. The molecule has 13 nitrogen and oxygen atoms in total. The first-order valence-electron chi connectivity index (χ1n) is 15.7. The zero-order valence-electron chi connectivity index (χ0n) is 27.7. The molecule has 1 saturated heterocycles. The minimum absolute atomic E-state index is 0.0116. The van der Waals surface area contributed by atoms with E-state index in [1.807, 2.05) is 44.2 Å². The highest BCUT2D eigenvalue weighted by Gasteiger charge is 2.51. The summed E-state index contributed by atoms with van der Waals surface area (Å²) in [4.78, 5) is 55.7. The molecule has 1 aliphatic rings. The predicted octanol–water partition coefficient (Wildman–Crippen LogP) is 4.15. The monoisotopic (exact) mass is 717 g/mol. The Labute approximate surface area is 297 Å². The Morgan fingerprint density at radius 1 is 1.12 bits per heavy atom. The third-order valence-corrected chi connectivity index (χ3v) is 8.67. The SMILES string of the molecule is Cc1cc(-c2ccc(NC(=O)C(CS)NC(=O)COc3ccc4nccc(C(=O)NC[N+](=O)N5CC(F)(F)C[C@H]5C#N)c4c3)c(C)c2)ccc1N. The lowest BCUT2D eigenvalue weighted by molar-refractivity contribution is -0.711. The molecule has 51 heavy (non-hydrogen) atoms. The Morgan fingerprint density at radius 2 is 1.84 bits per heavy atom. The number of nitriles is 1. The first-order chi connectivity index (χ1) is 24.3. The molecule has 0 spiro atoms. The second kappa shape index (κ2) is 15.4. The summed E-state index contributed by atoms with van der Waals surface area (Å²) in [5.74, 6) is -4.75. The van der Waals surface area contributed by atoms with Crippen molar-refractivity contribution in [3.05, 3.63) is 88.5 Å². The number of alkyl halides is 2. The third-order valence-electron chi connectivity index (χ3n) is 8.30. The van der Waals surface area contributed by atoms with Gasteiger partial charge in [0.15, 0.2) is 12.6 Å². The molecule has 1 unspecified atom stereocenters. The molecule has 1 aliphatic heterocycles. The van der Waals surface area contributed by atoms with Gasteiger partial charge < -0.3 is 21.1 Å². The third kappa shape index (κ3) is 8.68. The molecule has 0 radical (unpaired) electrons. The number of fused-ring (bicyclic) bond motifs is 1. The fourth-order valence-electron chi connectivity index (χ4n) is 5.52. The smallest absolute Gasteiger partial charge is 0.299 e. The number of rotatable bonds is 12. The Balaban J connectivity index is 1.17. The highest BCUT2D eigenvalue weighted by molar-refractivity contribution is 7.80. The highest BCUT2D eigenvalue weighted by Crippen LogP contribution is 2.32. The fraction of sp³-hybridized carbons (Fsp3) is 0.286. The Morgan fingerprint density at radius 3 is 2.53 bits per heavy atom. The Bertz CT molecular complexity index is 2060. The van der Waals surface area contributed by atoms with Crippen molar-refractivity contribution in [1.82, 2.24) is 20.6 Å². The van der Waals surface area contributed by atoms with E-state index in [0.717, 1.165) is 22.3 Å². The van der Waals surface area contributed by atoms with E-state index in [-0.39, 0.29) is 21.9 Å². The highest BCUT2D eigenvalue weighted by atomic mass is 32.1. The lowest BCUT2D eigenvalue weighted by atomic mass is 10.00. The number of pyridine rings is 1. The lowest BCUT2D eigenvalue weighted by Gasteiger charge is -2.18. The largest absolute Gasteiger partial charge is 0.484 e. The van der Waals surface area contributed by atoms with Gasteiger partial charge in [-0.05, 0) is 84.6 Å². The first kappa shape index (κ1) is 36.5. The van der Waals surface area contributed by atoms with Gasteiger partial charge in [-0.1, -0.05) is 12.1 Å². The minimum atomic E-state index is -3.20. The molecule has 4 aromatic rings. The van der Waals surface area contributed by atoms with Crippen LogP contribution in [-0.2, 0) is 9.59 Å². The molecule has 1 fully saturated rings. The summed E-state index contributed by atoms with van der Waals surface area (Å²) in [6.45, 7) is 1.71. The Hall–Kier alpha value is -5.82. The summed E-state index contributed by atoms with van der Waals surface area (Å²) in [5.41, 5.74) is 11.4. The van der Waals surface area contributed by atoms with Crippen LogP contribution in [0.5, 0.6) is 5.75 Å². The van der Waals surface area contributed by atoms with Crippen LogP contribution in [0, 0.1) is 30.1 Å². The van der Waals surface area contributed by atoms with Crippen molar-refractivity contribution in [3.63, 3.8) is 0 Å². The van der Waals surface area contributed by atoms with Gasteiger partial charge in [-0.3, -0.25) is 24.7 Å². The maximum absolute atomic E-state index is 13.8. The van der Waals surface area contributed by atoms with E-state index in [1.165, 1.54) is 18.3 Å². The van der Waals surface area contributed by atoms with Crippen molar-refractivity contribution in [1.29, 1.82) is 5.26 Å². The normalized spacial score (nSPS) is 15.5. The average Bonchev–Trinajstić information content (AvgIpc) is 3.44. The van der Waals surface area contributed by atoms with Crippen LogP contribution in [0.3, 0.4) is 0 Å². The van der Waals surface area contributed by atoms with Gasteiger partial charge in [0.05, 0.1) is 28.5 Å². The van der Waals surface area contributed by atoms with E-state index in [4.69, 9.17) is 15.7 Å². The van der Waals surface area contributed by atoms with E-state index in [9.17, 15) is 28.1 Å². The topological polar surface area (TPSA) is 183 Å². The number of aromatic nitrogens is 1. The van der Waals surface area contributed by atoms with Gasteiger partial charge in [-0.25, -0.2) is 8.78 Å². The number of nitrogens with two attached hydrogens (primary N) is 1. The molecule has 5 rings (SSSR count). The van der Waals surface area contributed by atoms with Crippen LogP contribution in [0.1, 0.15) is 27.9 Å². The summed E-state index contributed by atoms with van der Waals surface area (Å²) in [5, 5.41) is 18.0. The summed E-state index contributed by atoms with van der Waals surface area (Å²) in [6, 6.07) is 16.7. The molecule has 0 saturated carbocycles. The van der Waals surface area contributed by atoms with E-state index in [2.05, 4.69) is 33.6 Å². The number of nitroso groups, excluding NO2 is 1. The maximum atomic E-state index is 13.8. The molecule has 1 aromatic heterocycles. The number of hydrogen-bond acceptors (Lipinski definition) is 9. The number of benzene rings is 3. The van der Waals surface area contributed by atoms with Crippen molar-refractivity contribution in [2.45, 2.75) is 38.3 Å². The average molecular weight is 718 g/mol. The van der Waals surface area contributed by atoms with Crippen LogP contribution in [0.25, 0.3) is 22.0 Å². The summed E-state index contributed by atoms with van der Waals surface area (Å²) in [6.07, 6.45) is 0.598. The number of carbonyl (C=O) groups is 3. The van der Waals surface area contributed by atoms with Crippen LogP contribution >= 0.6 is 12.6 Å². The quantitative estimate of drug-likeness (QED) is 0.0623. The van der Waals surface area contributed by atoms with Gasteiger partial charge in [-0.2, -0.15) is 17.9 Å². The first-order valence-corrected chi connectivity index (χ1v) is 16.4. The maximum Gasteiger partial charge on any atom is 0.299 e. The zero-order valence-corrected chi connectivity index (χ0v) is 28.5. The minimum Gasteiger partial charge on any atom is -0.484 e. The molecule has 3 aromatic carbocycles. The number of hydrazine groups is 1. The van der Waals surface area contributed by atoms with E-state index in [0.29, 0.717) is 27.3 Å². The molecule has 2 heterocycles. The van der Waals surface area contributed by atoms with Gasteiger partial charge in [0.25, 0.3) is 24.4 Å². The van der Waals surface area contributed by atoms with E-state index in [1.54, 1.807) is 24.3 Å².